The van der Waals surface area contributed by atoms with Crippen molar-refractivity contribution in [3.63, 3.8) is 0 Å². The number of anilines is 1. The van der Waals surface area contributed by atoms with E-state index in [-0.39, 0.29) is 112 Å². The first-order valence-electron chi connectivity index (χ1n) is 50.0. The number of amides is 1. The number of piperidine rings is 1. The number of alkyl halides is 2. The number of aromatic nitrogens is 8. The lowest BCUT2D eigenvalue weighted by Crippen LogP contribution is -2.55. The van der Waals surface area contributed by atoms with Crippen molar-refractivity contribution in [3.05, 3.63) is 244 Å². The number of aliphatic hydroxyl groups is 1. The summed E-state index contributed by atoms with van der Waals surface area (Å²) in [6.07, 6.45) is 15.8. The molecule has 1 amide bonds. The van der Waals surface area contributed by atoms with Crippen LogP contribution < -0.4 is 15.0 Å². The van der Waals surface area contributed by atoms with Gasteiger partial charge in [0.2, 0.25) is 21.8 Å². The van der Waals surface area contributed by atoms with Gasteiger partial charge in [-0.15, -0.1) is 13.2 Å². The second-order valence-corrected chi connectivity index (χ2v) is 41.1. The van der Waals surface area contributed by atoms with Crippen LogP contribution in [-0.2, 0) is 30.5 Å². The molecule has 0 saturated carbocycles. The number of likely N-dealkylation sites (N-methyl/N-ethyl adjacent to an activating group) is 2. The van der Waals surface area contributed by atoms with E-state index in [1.165, 1.54) is 76.3 Å². The summed E-state index contributed by atoms with van der Waals surface area (Å²) < 4.78 is 6.25. The van der Waals surface area contributed by atoms with E-state index < -0.39 is 16.2 Å². The first-order valence-corrected chi connectivity index (χ1v) is 54.1. The molecule has 764 valence electrons. The summed E-state index contributed by atoms with van der Waals surface area (Å²) in [5.41, 5.74) is 13.6. The minimum absolute atomic E-state index is 0. The van der Waals surface area contributed by atoms with Crippen LogP contribution in [0.3, 0.4) is 0 Å². The van der Waals surface area contributed by atoms with Crippen molar-refractivity contribution in [2.24, 2.45) is 22.2 Å². The number of carbonyl (C=O) groups excluding carboxylic acids is 5. The summed E-state index contributed by atoms with van der Waals surface area (Å²) in [4.78, 5) is 109. The molecule has 8 aromatic rings. The van der Waals surface area contributed by atoms with E-state index >= 15 is 0 Å². The van der Waals surface area contributed by atoms with Crippen LogP contribution in [0.1, 0.15) is 356 Å². The maximum Gasteiger partial charge on any atom is 0.319 e. The topological polar surface area (TPSA) is 290 Å². The molecule has 0 radical (unpaired) electrons. The quantitative estimate of drug-likeness (QED) is 0.0423. The van der Waals surface area contributed by atoms with Gasteiger partial charge in [0, 0.05) is 92.7 Å². The van der Waals surface area contributed by atoms with Gasteiger partial charge in [-0.2, -0.15) is 20.5 Å². The minimum Gasteiger partial charge on any atom is -0.462 e. The largest absolute Gasteiger partial charge is 0.462 e. The molecule has 12 unspecified atom stereocenters. The van der Waals surface area contributed by atoms with E-state index in [1.54, 1.807) is 4.90 Å². The van der Waals surface area contributed by atoms with Crippen molar-refractivity contribution in [2.75, 3.05) is 78.0 Å². The zero-order valence-corrected chi connectivity index (χ0v) is 92.6. The molecule has 4 saturated heterocycles. The first kappa shape index (κ1) is 120. The number of aliphatic hydroxyl groups excluding tert-OH is 1. The van der Waals surface area contributed by atoms with Gasteiger partial charge in [-0.05, 0) is 271 Å². The maximum atomic E-state index is 14.7. The number of nitrogens with one attached hydrogen (secondary N) is 1. The Balaban J connectivity index is 0.000000236. The first-order chi connectivity index (χ1) is 67.3. The number of hydrogen-bond donors (Lipinski definition) is 2. The molecule has 4 aliphatic heterocycles. The van der Waals surface area contributed by atoms with Gasteiger partial charge in [0.25, 0.3) is 0 Å². The molecule has 4 aromatic carbocycles. The number of benzene rings is 4. The third-order valence-corrected chi connectivity index (χ3v) is 32.1. The number of piperazine rings is 1. The van der Waals surface area contributed by atoms with Crippen LogP contribution in [0.4, 0.5) is 5.82 Å². The van der Waals surface area contributed by atoms with Gasteiger partial charge >= 0.3 is 6.01 Å². The van der Waals surface area contributed by atoms with Crippen LogP contribution in [0.15, 0.2) is 123 Å². The summed E-state index contributed by atoms with van der Waals surface area (Å²) in [6, 6.07) is 38.7. The number of fused-ring (bicyclic) bond motifs is 7. The summed E-state index contributed by atoms with van der Waals surface area (Å²) >= 11 is 42.8. The minimum atomic E-state index is -0.566. The van der Waals surface area contributed by atoms with Crippen molar-refractivity contribution in [3.8, 4) is 18.1 Å². The summed E-state index contributed by atoms with van der Waals surface area (Å²) in [7, 11) is 4.17. The van der Waals surface area contributed by atoms with Gasteiger partial charge in [-0.1, -0.05) is 275 Å². The predicted molar refractivity (Wildman–Crippen MR) is 583 cm³/mol. The zero-order valence-electron chi connectivity index (χ0n) is 84.9. The zero-order chi connectivity index (χ0) is 103. The Hall–Kier alpha value is -8.05. The average molecular weight is 2180 g/mol. The van der Waals surface area contributed by atoms with Crippen molar-refractivity contribution in [1.82, 2.24) is 59.9 Å². The predicted octanol–water partition coefficient (Wildman–Crippen LogP) is 27.2. The van der Waals surface area contributed by atoms with Crippen molar-refractivity contribution >= 4 is 136 Å². The molecule has 12 atom stereocenters. The van der Waals surface area contributed by atoms with E-state index in [0.29, 0.717) is 124 Å². The van der Waals surface area contributed by atoms with E-state index in [0.717, 1.165) is 99.8 Å². The molecule has 11 aliphatic rings. The summed E-state index contributed by atoms with van der Waals surface area (Å²) in [5.74, 6) is 2.11. The third-order valence-electron chi connectivity index (χ3n) is 29.7. The standard InChI is InChI=1S/C33H40N6O3.2C18H16Cl2N2O.C10H12Br2.C8H6Cl2N2O.C7H12N2.C6H13NO.4C2H6.C2H4.CH4/c1-5-28(40)39-18-17-38(19-23(39)13-15-34)31-27-12-14-33(21(2)25-10-6-7-11-26(25)22(33)3)30(41)29(27)35-32(36-31)42-20-24-9-8-16-37(24)4;2*1-9-11-5-3-4-6-12(11)10(2)18(9)8-7-13-14(15(18)23)21-17(20)22-16(13)19;1-7(11)9-5-3-4-6-10(9)8(2)12;9-7-4-2-1-3-5(13)6(4)11-8(10)12-7;8-4-3-7-2-1-5-9-6-7;1-7-4-2-3-6(7)5-8;5*1-2;/h5-7,10-11,21-24H,1,8-9,12-14,16-20H2,2-4H3;2*3-6,9-10H,7-8H2,1-2H3;3-8H,1-2H3;1-3H2;7,9H,1-3,5-6H2;6,8H,2-5H2,1H3;4*1-2H3;1-2H2;1H4. The molecule has 0 bridgehead atoms. The number of ketones is 4. The van der Waals surface area contributed by atoms with Crippen molar-refractivity contribution in [1.29, 1.82) is 10.5 Å². The van der Waals surface area contributed by atoms with E-state index in [1.807, 2.05) is 79.7 Å². The number of rotatable bonds is 10. The third kappa shape index (κ3) is 26.5. The highest BCUT2D eigenvalue weighted by Gasteiger charge is 2.60. The lowest BCUT2D eigenvalue weighted by Gasteiger charge is -2.43. The Morgan fingerprint density at radius 2 is 0.879 bits per heavy atom. The molecular formula is C111H147Br2Cl6N15O7. The smallest absolute Gasteiger partial charge is 0.319 e. The number of nitrogens with zero attached hydrogens (tertiary/aromatic N) is 14. The fourth-order valence-corrected chi connectivity index (χ4v) is 24.5. The lowest BCUT2D eigenvalue weighted by atomic mass is 9.61. The fourth-order valence-electron chi connectivity index (χ4n) is 22.2. The molecule has 19 rings (SSSR count). The molecule has 2 N–H and O–H groups in total. The van der Waals surface area contributed by atoms with E-state index in [4.69, 9.17) is 94.7 Å². The van der Waals surface area contributed by atoms with Gasteiger partial charge in [0.1, 0.15) is 50.7 Å². The summed E-state index contributed by atoms with van der Waals surface area (Å²) in [6.45, 7) is 49.5. The average Bonchev–Trinajstić information content (AvgIpc) is 1.58. The van der Waals surface area contributed by atoms with Gasteiger partial charge in [0.15, 0.2) is 23.1 Å². The van der Waals surface area contributed by atoms with Crippen LogP contribution >= 0.6 is 101 Å². The van der Waals surface area contributed by atoms with Gasteiger partial charge < -0.3 is 34.8 Å². The summed E-state index contributed by atoms with van der Waals surface area (Å²) in [5, 5.41) is 30.9. The highest BCUT2D eigenvalue weighted by atomic mass is 79.9. The Bertz CT molecular complexity index is 5380. The Morgan fingerprint density at radius 1 is 0.504 bits per heavy atom. The number of hydrogen-bond acceptors (Lipinski definition) is 21. The molecular weight excluding hydrogens is 2030 g/mol. The highest BCUT2D eigenvalue weighted by Crippen LogP contribution is 2.64. The van der Waals surface area contributed by atoms with Crippen LogP contribution in [0, 0.1) is 44.8 Å². The number of nitriles is 2. The Labute approximate surface area is 886 Å². The van der Waals surface area contributed by atoms with Crippen LogP contribution in [0.25, 0.3) is 0 Å². The van der Waals surface area contributed by atoms with Crippen molar-refractivity contribution in [2.45, 2.75) is 291 Å². The van der Waals surface area contributed by atoms with Crippen molar-refractivity contribution < 1.29 is 33.8 Å². The molecule has 8 heterocycles. The van der Waals surface area contributed by atoms with Crippen LogP contribution in [0.2, 0.25) is 31.3 Å². The number of carbonyl (C=O) groups is 5. The second kappa shape index (κ2) is 56.6. The second-order valence-electron chi connectivity index (χ2n) is 36.3. The molecule has 141 heavy (non-hydrogen) atoms. The van der Waals surface area contributed by atoms with E-state index in [2.05, 4.69) is 256 Å². The van der Waals surface area contributed by atoms with Gasteiger partial charge in [0.05, 0.1) is 31.2 Å². The maximum absolute atomic E-state index is 14.7. The van der Waals surface area contributed by atoms with E-state index in [9.17, 15) is 29.2 Å². The van der Waals surface area contributed by atoms with Crippen LogP contribution in [-0.4, -0.2) is 180 Å². The SMILES string of the molecule is C.C=C.C=CC(=O)N1CCN(c2nc(OCC3CCCN3C)nc3c2CCC2(C3=O)C(C)c3ccccc3C2C)CC1CC#N.CC.CC.CC.CC.CC(Br)c1ccccc1C(C)Br.CC1c2ccccc2C(C)C12CCc1c(Cl)nc(Cl)nc1C2=O.CC1c2ccccc2C(C)C12CCc1c(Cl)nc(Cl)nc1C2=O.CN1CCCC1CO.N#CCC1CCCNC1.O=C1CCCc2c(Cl)nc(Cl)nc21. The van der Waals surface area contributed by atoms with Gasteiger partial charge in [-0.25, -0.2) is 29.9 Å². The number of halogens is 8. The molecule has 3 spiro atoms. The fraction of sp³-hybridized carbons (Fsp3) is 0.541. The van der Waals surface area contributed by atoms with Gasteiger partial charge in [-0.3, -0.25) is 24.0 Å². The molecule has 4 aromatic heterocycles. The monoisotopic (exact) mass is 2170 g/mol. The lowest BCUT2D eigenvalue weighted by molar-refractivity contribution is -0.128. The molecule has 4 fully saturated rings. The Kier molecular flexibility index (Phi) is 48.1. The molecule has 22 nitrogen and oxygen atoms in total. The molecule has 7 aliphatic carbocycles. The molecule has 30 heteroatoms. The normalized spacial score (nSPS) is 24.5. The van der Waals surface area contributed by atoms with Crippen LogP contribution in [0.5, 0.6) is 6.01 Å². The highest BCUT2D eigenvalue weighted by molar-refractivity contribution is 9.09. The number of likely N-dealkylation sites (tertiary alicyclic amines) is 2. The number of Topliss-reactive ketones (excluding diaryl/α,β-unsaturated/α-hetero) is 4. The number of ether oxygens (including phenoxy) is 1. The Morgan fingerprint density at radius 3 is 1.23 bits per heavy atom.